The summed E-state index contributed by atoms with van der Waals surface area (Å²) in [7, 11) is 1.65. The van der Waals surface area contributed by atoms with Crippen molar-refractivity contribution in [3.8, 4) is 11.5 Å². The van der Waals surface area contributed by atoms with Gasteiger partial charge in [0.25, 0.3) is 0 Å². The van der Waals surface area contributed by atoms with Gasteiger partial charge in [-0.25, -0.2) is 9.66 Å². The zero-order valence-corrected chi connectivity index (χ0v) is 18.7. The van der Waals surface area contributed by atoms with E-state index in [0.717, 1.165) is 44.5 Å². The summed E-state index contributed by atoms with van der Waals surface area (Å²) in [6.45, 7) is 8.44. The SMILES string of the molecule is COc1ccc(C=Nn2cc(C)nc2N)cc1COc1cc(C)c(Cl)cc1C(C)C. The molecule has 0 saturated heterocycles. The van der Waals surface area contributed by atoms with E-state index in [-0.39, 0.29) is 0 Å². The van der Waals surface area contributed by atoms with Crippen molar-refractivity contribution in [2.24, 2.45) is 5.10 Å². The Morgan fingerprint density at radius 3 is 2.60 bits per heavy atom. The van der Waals surface area contributed by atoms with E-state index < -0.39 is 0 Å². The minimum absolute atomic E-state index is 0.294. The van der Waals surface area contributed by atoms with Crippen LogP contribution in [0.1, 0.15) is 47.7 Å². The molecule has 0 bridgehead atoms. The van der Waals surface area contributed by atoms with Gasteiger partial charge >= 0.3 is 0 Å². The van der Waals surface area contributed by atoms with Crippen LogP contribution in [0.4, 0.5) is 5.95 Å². The van der Waals surface area contributed by atoms with Gasteiger partial charge in [-0.3, -0.25) is 0 Å². The molecule has 0 radical (unpaired) electrons. The molecular weight excluding hydrogens is 400 g/mol. The average Bonchev–Trinajstić information content (AvgIpc) is 3.03. The number of methoxy groups -OCH3 is 1. The van der Waals surface area contributed by atoms with Crippen molar-refractivity contribution in [1.82, 2.24) is 9.66 Å². The molecule has 0 atom stereocenters. The first-order valence-electron chi connectivity index (χ1n) is 9.74. The van der Waals surface area contributed by atoms with Gasteiger partial charge in [0.05, 0.1) is 25.2 Å². The molecule has 0 fully saturated rings. The third-order valence-electron chi connectivity index (χ3n) is 4.77. The highest BCUT2D eigenvalue weighted by atomic mass is 35.5. The topological polar surface area (TPSA) is 74.7 Å². The maximum Gasteiger partial charge on any atom is 0.221 e. The van der Waals surface area contributed by atoms with E-state index in [2.05, 4.69) is 23.9 Å². The van der Waals surface area contributed by atoms with Gasteiger partial charge in [-0.05, 0) is 66.8 Å². The molecule has 2 aromatic carbocycles. The summed E-state index contributed by atoms with van der Waals surface area (Å²) < 4.78 is 13.2. The molecule has 0 aliphatic carbocycles. The summed E-state index contributed by atoms with van der Waals surface area (Å²) in [5, 5.41) is 5.12. The van der Waals surface area contributed by atoms with Crippen molar-refractivity contribution in [3.05, 3.63) is 69.5 Å². The fourth-order valence-corrected chi connectivity index (χ4v) is 3.29. The van der Waals surface area contributed by atoms with Crippen LogP contribution in [0, 0.1) is 13.8 Å². The summed E-state index contributed by atoms with van der Waals surface area (Å²) in [4.78, 5) is 4.14. The third-order valence-corrected chi connectivity index (χ3v) is 5.17. The zero-order chi connectivity index (χ0) is 21.8. The first-order valence-corrected chi connectivity index (χ1v) is 10.1. The number of benzene rings is 2. The van der Waals surface area contributed by atoms with E-state index in [0.29, 0.717) is 18.5 Å². The van der Waals surface area contributed by atoms with Gasteiger partial charge in [0, 0.05) is 10.6 Å². The number of nitrogens with zero attached hydrogens (tertiary/aromatic N) is 3. The smallest absolute Gasteiger partial charge is 0.221 e. The molecule has 0 saturated carbocycles. The van der Waals surface area contributed by atoms with Crippen molar-refractivity contribution >= 4 is 23.8 Å². The molecule has 0 aliphatic rings. The van der Waals surface area contributed by atoms with Gasteiger partial charge in [-0.1, -0.05) is 25.4 Å². The van der Waals surface area contributed by atoms with Gasteiger partial charge < -0.3 is 15.2 Å². The molecule has 1 heterocycles. The average molecular weight is 427 g/mol. The van der Waals surface area contributed by atoms with E-state index in [1.807, 2.05) is 44.2 Å². The number of rotatable bonds is 7. The van der Waals surface area contributed by atoms with Crippen molar-refractivity contribution in [2.45, 2.75) is 40.2 Å². The van der Waals surface area contributed by atoms with Gasteiger partial charge in [0.15, 0.2) is 0 Å². The normalized spacial score (nSPS) is 11.4. The van der Waals surface area contributed by atoms with Crippen LogP contribution in [-0.2, 0) is 6.61 Å². The molecule has 6 nitrogen and oxygen atoms in total. The lowest BCUT2D eigenvalue weighted by atomic mass is 10.0. The molecule has 3 rings (SSSR count). The maximum atomic E-state index is 6.31. The van der Waals surface area contributed by atoms with Gasteiger partial charge in [0.1, 0.15) is 18.1 Å². The number of nitrogen functional groups attached to an aromatic ring is 1. The number of hydrogen-bond acceptors (Lipinski definition) is 5. The van der Waals surface area contributed by atoms with E-state index in [4.69, 9.17) is 26.8 Å². The Hall–Kier alpha value is -2.99. The van der Waals surface area contributed by atoms with Crippen LogP contribution in [-0.4, -0.2) is 23.0 Å². The standard InChI is InChI=1S/C23H27ClN4O2/c1-14(2)19-10-20(24)15(3)8-22(19)30-13-18-9-17(6-7-21(18)29-5)11-26-28-12-16(4)27-23(28)25/h6-12,14H,13H2,1-5H3,(H2,25,27). The molecule has 0 amide bonds. The number of halogens is 1. The lowest BCUT2D eigenvalue weighted by molar-refractivity contribution is 0.292. The zero-order valence-electron chi connectivity index (χ0n) is 17.9. The lowest BCUT2D eigenvalue weighted by Gasteiger charge is -2.17. The fourth-order valence-electron chi connectivity index (χ4n) is 3.12. The van der Waals surface area contributed by atoms with Crippen molar-refractivity contribution in [3.63, 3.8) is 0 Å². The number of aryl methyl sites for hydroxylation is 2. The Morgan fingerprint density at radius 1 is 1.20 bits per heavy atom. The quantitative estimate of drug-likeness (QED) is 0.518. The van der Waals surface area contributed by atoms with Crippen LogP contribution in [0.25, 0.3) is 0 Å². The van der Waals surface area contributed by atoms with Crippen LogP contribution >= 0.6 is 11.6 Å². The Labute approximate surface area is 182 Å². The Bertz CT molecular complexity index is 1070. The number of aromatic nitrogens is 2. The second-order valence-corrected chi connectivity index (χ2v) is 7.89. The minimum Gasteiger partial charge on any atom is -0.496 e. The van der Waals surface area contributed by atoms with Crippen LogP contribution < -0.4 is 15.2 Å². The number of hydrogen-bond donors (Lipinski definition) is 1. The van der Waals surface area contributed by atoms with E-state index in [1.54, 1.807) is 24.2 Å². The molecular formula is C23H27ClN4O2. The predicted octanol–water partition coefficient (Wildman–Crippen LogP) is 5.33. The first kappa shape index (κ1) is 21.7. The second-order valence-electron chi connectivity index (χ2n) is 7.48. The van der Waals surface area contributed by atoms with Crippen molar-refractivity contribution in [2.75, 3.05) is 12.8 Å². The predicted molar refractivity (Wildman–Crippen MR) is 122 cm³/mol. The lowest BCUT2D eigenvalue weighted by Crippen LogP contribution is -2.03. The van der Waals surface area contributed by atoms with Crippen LogP contribution in [0.2, 0.25) is 5.02 Å². The van der Waals surface area contributed by atoms with Crippen molar-refractivity contribution in [1.29, 1.82) is 0 Å². The molecule has 30 heavy (non-hydrogen) atoms. The molecule has 158 valence electrons. The number of ether oxygens (including phenoxy) is 2. The number of nitrogens with two attached hydrogens (primary N) is 1. The summed E-state index contributed by atoms with van der Waals surface area (Å²) in [6.07, 6.45) is 3.50. The van der Waals surface area contributed by atoms with Crippen LogP contribution in [0.15, 0.2) is 41.6 Å². The fraction of sp³-hybridized carbons (Fsp3) is 0.304. The van der Waals surface area contributed by atoms with Gasteiger partial charge in [-0.15, -0.1) is 0 Å². The summed E-state index contributed by atoms with van der Waals surface area (Å²) in [5.74, 6) is 2.22. The Morgan fingerprint density at radius 2 is 1.97 bits per heavy atom. The molecule has 1 aromatic heterocycles. The number of anilines is 1. The second kappa shape index (κ2) is 9.22. The monoisotopic (exact) mass is 426 g/mol. The summed E-state index contributed by atoms with van der Waals surface area (Å²) in [5.41, 5.74) is 10.5. The highest BCUT2D eigenvalue weighted by Crippen LogP contribution is 2.33. The Balaban J connectivity index is 1.85. The molecule has 0 aliphatic heterocycles. The van der Waals surface area contributed by atoms with E-state index in [9.17, 15) is 0 Å². The molecule has 0 spiro atoms. The third kappa shape index (κ3) is 4.94. The highest BCUT2D eigenvalue weighted by molar-refractivity contribution is 6.31. The molecule has 2 N–H and O–H groups in total. The Kier molecular flexibility index (Phi) is 6.67. The van der Waals surface area contributed by atoms with Crippen LogP contribution in [0.5, 0.6) is 11.5 Å². The minimum atomic E-state index is 0.294. The number of imidazole rings is 1. The van der Waals surface area contributed by atoms with Crippen LogP contribution in [0.3, 0.4) is 0 Å². The summed E-state index contributed by atoms with van der Waals surface area (Å²) in [6, 6.07) is 9.78. The largest absolute Gasteiger partial charge is 0.496 e. The molecule has 7 heteroatoms. The van der Waals surface area contributed by atoms with Gasteiger partial charge in [-0.2, -0.15) is 5.10 Å². The molecule has 3 aromatic rings. The summed E-state index contributed by atoms with van der Waals surface area (Å²) >= 11 is 6.31. The van der Waals surface area contributed by atoms with E-state index in [1.165, 1.54) is 0 Å². The first-order chi connectivity index (χ1) is 14.3. The highest BCUT2D eigenvalue weighted by Gasteiger charge is 2.13. The van der Waals surface area contributed by atoms with Crippen molar-refractivity contribution < 1.29 is 9.47 Å². The maximum absolute atomic E-state index is 6.31. The molecule has 0 unspecified atom stereocenters. The van der Waals surface area contributed by atoms with E-state index >= 15 is 0 Å². The van der Waals surface area contributed by atoms with Gasteiger partial charge in [0.2, 0.25) is 5.95 Å².